The van der Waals surface area contributed by atoms with Crippen LogP contribution >= 0.6 is 11.3 Å². The number of nitrogens with one attached hydrogen (secondary N) is 1. The van der Waals surface area contributed by atoms with E-state index in [2.05, 4.69) is 10.1 Å². The number of thiophene rings is 1. The summed E-state index contributed by atoms with van der Waals surface area (Å²) < 4.78 is 35.1. The molecule has 1 N–H and O–H groups in total. The van der Waals surface area contributed by atoms with Crippen LogP contribution in [-0.2, 0) is 24.5 Å². The molecule has 0 saturated heterocycles. The molecule has 3 aromatic rings. The van der Waals surface area contributed by atoms with Gasteiger partial charge in [-0.15, -0.1) is 11.3 Å². The van der Waals surface area contributed by atoms with Crippen LogP contribution in [0.25, 0.3) is 0 Å². The Labute approximate surface area is 172 Å². The van der Waals surface area contributed by atoms with Crippen LogP contribution in [0.3, 0.4) is 0 Å². The number of hydrogen-bond acceptors (Lipinski definition) is 4. The first kappa shape index (κ1) is 21.0. The lowest BCUT2D eigenvalue weighted by molar-refractivity contribution is -0.0498. The van der Waals surface area contributed by atoms with Gasteiger partial charge in [0.25, 0.3) is 5.91 Å². The van der Waals surface area contributed by atoms with E-state index in [0.29, 0.717) is 13.2 Å². The number of amides is 1. The molecule has 0 spiro atoms. The van der Waals surface area contributed by atoms with Crippen LogP contribution in [-0.4, -0.2) is 12.5 Å². The van der Waals surface area contributed by atoms with Gasteiger partial charge in [-0.3, -0.25) is 4.79 Å². The van der Waals surface area contributed by atoms with E-state index in [1.165, 1.54) is 6.07 Å². The number of ether oxygens (including phenoxy) is 2. The fourth-order valence-corrected chi connectivity index (χ4v) is 3.57. The fourth-order valence-electron chi connectivity index (χ4n) is 2.71. The smallest absolute Gasteiger partial charge is 0.387 e. The lowest BCUT2D eigenvalue weighted by Gasteiger charge is -2.08. The monoisotopic (exact) mass is 417 g/mol. The summed E-state index contributed by atoms with van der Waals surface area (Å²) in [6.07, 6.45) is 0. The summed E-state index contributed by atoms with van der Waals surface area (Å²) in [5, 5.41) is 2.74. The lowest BCUT2D eigenvalue weighted by atomic mass is 10.1. The highest BCUT2D eigenvalue weighted by Gasteiger charge is 2.19. The number of alkyl halides is 2. The Morgan fingerprint density at radius 3 is 2.28 bits per heavy atom. The second-order valence-corrected chi connectivity index (χ2v) is 7.66. The molecule has 0 saturated carbocycles. The zero-order chi connectivity index (χ0) is 20.6. The van der Waals surface area contributed by atoms with Crippen LogP contribution in [0.2, 0.25) is 0 Å². The summed E-state index contributed by atoms with van der Waals surface area (Å²) in [4.78, 5) is 13.2. The van der Waals surface area contributed by atoms with E-state index in [0.717, 1.165) is 32.9 Å². The van der Waals surface area contributed by atoms with E-state index in [1.54, 1.807) is 6.92 Å². The first-order valence-corrected chi connectivity index (χ1v) is 9.86. The van der Waals surface area contributed by atoms with Crippen molar-refractivity contribution in [3.63, 3.8) is 0 Å². The van der Waals surface area contributed by atoms with Gasteiger partial charge in [-0.05, 0) is 29.7 Å². The first-order valence-electron chi connectivity index (χ1n) is 9.04. The topological polar surface area (TPSA) is 47.6 Å². The Kier molecular flexibility index (Phi) is 7.32. The van der Waals surface area contributed by atoms with Gasteiger partial charge in [-0.2, -0.15) is 8.78 Å². The van der Waals surface area contributed by atoms with Crippen LogP contribution in [0, 0.1) is 6.92 Å². The molecule has 0 unspecified atom stereocenters. The molecule has 152 valence electrons. The lowest BCUT2D eigenvalue weighted by Crippen LogP contribution is -2.22. The van der Waals surface area contributed by atoms with Crippen molar-refractivity contribution in [3.05, 3.63) is 87.1 Å². The van der Waals surface area contributed by atoms with Gasteiger partial charge in [0.1, 0.15) is 10.6 Å². The Balaban J connectivity index is 1.49. The molecule has 2 aromatic carbocycles. The van der Waals surface area contributed by atoms with Gasteiger partial charge in [0, 0.05) is 11.4 Å². The van der Waals surface area contributed by atoms with Gasteiger partial charge in [-0.1, -0.05) is 54.6 Å². The van der Waals surface area contributed by atoms with E-state index in [-0.39, 0.29) is 17.2 Å². The summed E-state index contributed by atoms with van der Waals surface area (Å²) >= 11 is 1.12. The number of carbonyl (C=O) groups excluding carboxylic acids is 1. The third-order valence-electron chi connectivity index (χ3n) is 4.10. The minimum atomic E-state index is -2.97. The highest BCUT2D eigenvalue weighted by molar-refractivity contribution is 7.14. The largest absolute Gasteiger partial charge is 0.433 e. The summed E-state index contributed by atoms with van der Waals surface area (Å²) in [5.74, 6) is -0.528. The van der Waals surface area contributed by atoms with Crippen molar-refractivity contribution in [3.8, 4) is 5.75 Å². The van der Waals surface area contributed by atoms with E-state index in [1.807, 2.05) is 54.6 Å². The Morgan fingerprint density at radius 2 is 1.62 bits per heavy atom. The van der Waals surface area contributed by atoms with Crippen molar-refractivity contribution in [2.45, 2.75) is 33.3 Å². The molecular formula is C22H21F2NO3S. The molecule has 0 bridgehead atoms. The number of carbonyl (C=O) groups is 1. The molecule has 0 fully saturated rings. The molecule has 29 heavy (non-hydrogen) atoms. The van der Waals surface area contributed by atoms with Gasteiger partial charge in [0.2, 0.25) is 0 Å². The van der Waals surface area contributed by atoms with Crippen LogP contribution in [0.5, 0.6) is 5.75 Å². The zero-order valence-corrected chi connectivity index (χ0v) is 16.7. The maximum Gasteiger partial charge on any atom is 0.387 e. The predicted molar refractivity (Wildman–Crippen MR) is 108 cm³/mol. The van der Waals surface area contributed by atoms with Crippen molar-refractivity contribution in [1.82, 2.24) is 5.32 Å². The molecule has 1 heterocycles. The van der Waals surface area contributed by atoms with E-state index in [9.17, 15) is 13.6 Å². The maximum absolute atomic E-state index is 12.5. The molecule has 0 aliphatic heterocycles. The molecule has 0 aliphatic rings. The molecule has 0 atom stereocenters. The molecule has 1 amide bonds. The minimum absolute atomic E-state index is 0.0917. The SMILES string of the molecule is Cc1cc(OC(F)F)c(C(=O)NCc2ccc(COCc3ccccc3)cc2)s1. The fraction of sp³-hybridized carbons (Fsp3) is 0.227. The molecule has 3 rings (SSSR count). The Hall–Kier alpha value is -2.77. The Bertz CT molecular complexity index is 927. The van der Waals surface area contributed by atoms with Crippen LogP contribution < -0.4 is 10.1 Å². The summed E-state index contributed by atoms with van der Waals surface area (Å²) in [5.41, 5.74) is 3.04. The summed E-state index contributed by atoms with van der Waals surface area (Å²) in [7, 11) is 0. The number of rotatable bonds is 9. The summed E-state index contributed by atoms with van der Waals surface area (Å²) in [6, 6.07) is 19.1. The third-order valence-corrected chi connectivity index (χ3v) is 5.13. The van der Waals surface area contributed by atoms with Gasteiger partial charge in [-0.25, -0.2) is 0 Å². The van der Waals surface area contributed by atoms with Crippen molar-refractivity contribution in [2.75, 3.05) is 0 Å². The van der Waals surface area contributed by atoms with Gasteiger partial charge < -0.3 is 14.8 Å². The third kappa shape index (κ3) is 6.37. The number of hydrogen-bond donors (Lipinski definition) is 1. The molecule has 0 aliphatic carbocycles. The predicted octanol–water partition coefficient (Wildman–Crippen LogP) is 5.30. The molecule has 0 radical (unpaired) electrons. The maximum atomic E-state index is 12.5. The molecular weight excluding hydrogens is 396 g/mol. The van der Waals surface area contributed by atoms with Gasteiger partial charge in [0.05, 0.1) is 13.2 Å². The van der Waals surface area contributed by atoms with E-state index >= 15 is 0 Å². The van der Waals surface area contributed by atoms with Gasteiger partial charge in [0.15, 0.2) is 0 Å². The van der Waals surface area contributed by atoms with Crippen LogP contribution in [0.1, 0.15) is 31.2 Å². The minimum Gasteiger partial charge on any atom is -0.433 e. The second-order valence-electron chi connectivity index (χ2n) is 6.41. The van der Waals surface area contributed by atoms with Crippen molar-refractivity contribution in [1.29, 1.82) is 0 Å². The highest BCUT2D eigenvalue weighted by Crippen LogP contribution is 2.30. The van der Waals surface area contributed by atoms with Crippen LogP contribution in [0.15, 0.2) is 60.7 Å². The molecule has 7 heteroatoms. The number of benzene rings is 2. The quantitative estimate of drug-likeness (QED) is 0.514. The zero-order valence-electron chi connectivity index (χ0n) is 15.9. The van der Waals surface area contributed by atoms with Crippen molar-refractivity contribution >= 4 is 17.2 Å². The average molecular weight is 417 g/mol. The standard InChI is InChI=1S/C22H21F2NO3S/c1-15-11-19(28-22(23)24)20(29-15)21(26)25-12-16-7-9-18(10-8-16)14-27-13-17-5-3-2-4-6-17/h2-11,22H,12-14H2,1H3,(H,25,26). The molecule has 4 nitrogen and oxygen atoms in total. The van der Waals surface area contributed by atoms with Crippen molar-refractivity contribution < 1.29 is 23.0 Å². The number of aryl methyl sites for hydroxylation is 1. The normalized spacial score (nSPS) is 10.9. The van der Waals surface area contributed by atoms with Crippen molar-refractivity contribution in [2.24, 2.45) is 0 Å². The van der Waals surface area contributed by atoms with Crippen LogP contribution in [0.4, 0.5) is 8.78 Å². The number of halogens is 2. The Morgan fingerprint density at radius 1 is 1.00 bits per heavy atom. The first-order chi connectivity index (χ1) is 14.0. The van der Waals surface area contributed by atoms with E-state index < -0.39 is 12.5 Å². The highest BCUT2D eigenvalue weighted by atomic mass is 32.1. The second kappa shape index (κ2) is 10.1. The molecule has 1 aromatic heterocycles. The average Bonchev–Trinajstić information content (AvgIpc) is 3.07. The summed E-state index contributed by atoms with van der Waals surface area (Å²) in [6.45, 7) is 0.0897. The van der Waals surface area contributed by atoms with E-state index in [4.69, 9.17) is 4.74 Å². The van der Waals surface area contributed by atoms with Gasteiger partial charge >= 0.3 is 6.61 Å².